The first-order valence-corrected chi connectivity index (χ1v) is 12.2. The molecule has 0 saturated heterocycles. The topological polar surface area (TPSA) is 130 Å². The molecule has 0 aliphatic heterocycles. The van der Waals surface area contributed by atoms with Crippen molar-refractivity contribution in [2.75, 3.05) is 5.32 Å². The number of carbonyl (C=O) groups excluding carboxylic acids is 1. The fourth-order valence-electron chi connectivity index (χ4n) is 4.42. The Hall–Kier alpha value is -4.86. The molecule has 6 rings (SSSR count). The van der Waals surface area contributed by atoms with E-state index in [0.29, 0.717) is 17.8 Å². The van der Waals surface area contributed by atoms with Crippen LogP contribution in [0.1, 0.15) is 31.9 Å². The lowest BCUT2D eigenvalue weighted by Crippen LogP contribution is -2.11. The normalized spacial score (nSPS) is 11.4. The summed E-state index contributed by atoms with van der Waals surface area (Å²) in [6, 6.07) is 6.01. The molecule has 0 spiro atoms. The summed E-state index contributed by atoms with van der Waals surface area (Å²) in [5.74, 6) is -0.00924. The Morgan fingerprint density at radius 1 is 1.00 bits per heavy atom. The number of anilines is 1. The standard InChI is InChI=1S/C27H25N9O/c1-3-4-5-25(37)32-19-6-17(9-28-11-19)18-7-21-26(34-35-27(21)30-10-18)22-8-20-23(33-22)12-29-13-24(20)36-14-16(2)31-15-36/h6-15,33H,3-5H2,1-2H3,(H,32,37)(H,30,34,35). The van der Waals surface area contributed by atoms with Gasteiger partial charge in [-0.05, 0) is 31.5 Å². The van der Waals surface area contributed by atoms with E-state index in [4.69, 9.17) is 0 Å². The molecule has 6 aromatic heterocycles. The van der Waals surface area contributed by atoms with Gasteiger partial charge in [-0.1, -0.05) is 13.3 Å². The van der Waals surface area contributed by atoms with E-state index in [1.807, 2.05) is 36.0 Å². The summed E-state index contributed by atoms with van der Waals surface area (Å²) in [6.45, 7) is 4.02. The molecule has 1 amide bonds. The minimum Gasteiger partial charge on any atom is -0.352 e. The molecule has 6 aromatic rings. The highest BCUT2D eigenvalue weighted by Gasteiger charge is 2.16. The number of aryl methyl sites for hydroxylation is 1. The van der Waals surface area contributed by atoms with E-state index >= 15 is 0 Å². The SMILES string of the molecule is CCCCC(=O)Nc1cncc(-c2cnc3[nH]nc(-c4cc5c(-n6cnc(C)c6)cncc5[nH]4)c3c2)c1. The molecule has 0 bridgehead atoms. The number of aromatic amines is 2. The van der Waals surface area contributed by atoms with Crippen LogP contribution in [-0.4, -0.2) is 45.6 Å². The molecule has 10 heteroatoms. The Morgan fingerprint density at radius 2 is 1.86 bits per heavy atom. The van der Waals surface area contributed by atoms with Gasteiger partial charge in [-0.3, -0.25) is 19.9 Å². The molecular weight excluding hydrogens is 466 g/mol. The summed E-state index contributed by atoms with van der Waals surface area (Å²) in [6.07, 6.45) is 14.9. The van der Waals surface area contributed by atoms with Crippen LogP contribution in [0.4, 0.5) is 5.69 Å². The van der Waals surface area contributed by atoms with Crippen molar-refractivity contribution in [1.82, 2.24) is 39.7 Å². The summed E-state index contributed by atoms with van der Waals surface area (Å²) < 4.78 is 1.96. The van der Waals surface area contributed by atoms with Crippen LogP contribution in [0.3, 0.4) is 0 Å². The largest absolute Gasteiger partial charge is 0.352 e. The monoisotopic (exact) mass is 491 g/mol. The van der Waals surface area contributed by atoms with Gasteiger partial charge < -0.3 is 14.9 Å². The molecule has 3 N–H and O–H groups in total. The maximum atomic E-state index is 12.2. The lowest BCUT2D eigenvalue weighted by Gasteiger charge is -2.07. The molecule has 0 atom stereocenters. The zero-order chi connectivity index (χ0) is 25.4. The third kappa shape index (κ3) is 4.33. The molecule has 0 aliphatic carbocycles. The van der Waals surface area contributed by atoms with Crippen molar-refractivity contribution in [3.8, 4) is 28.2 Å². The van der Waals surface area contributed by atoms with Gasteiger partial charge in [0.15, 0.2) is 5.65 Å². The molecule has 184 valence electrons. The number of nitrogens with one attached hydrogen (secondary N) is 3. The summed E-state index contributed by atoms with van der Waals surface area (Å²) in [7, 11) is 0. The van der Waals surface area contributed by atoms with Gasteiger partial charge in [0.25, 0.3) is 0 Å². The number of nitrogens with zero attached hydrogens (tertiary/aromatic N) is 6. The minimum absolute atomic E-state index is 0.00924. The average Bonchev–Trinajstić information content (AvgIpc) is 3.64. The molecule has 0 saturated carbocycles. The zero-order valence-electron chi connectivity index (χ0n) is 20.5. The van der Waals surface area contributed by atoms with E-state index in [2.05, 4.69) is 53.4 Å². The van der Waals surface area contributed by atoms with Gasteiger partial charge in [-0.2, -0.15) is 5.10 Å². The highest BCUT2D eigenvalue weighted by Crippen LogP contribution is 2.32. The second-order valence-electron chi connectivity index (χ2n) is 9.03. The van der Waals surface area contributed by atoms with Gasteiger partial charge in [-0.15, -0.1) is 0 Å². The van der Waals surface area contributed by atoms with Gasteiger partial charge in [-0.25, -0.2) is 9.97 Å². The number of pyridine rings is 3. The second-order valence-corrected chi connectivity index (χ2v) is 9.03. The lowest BCUT2D eigenvalue weighted by molar-refractivity contribution is -0.116. The Kier molecular flexibility index (Phi) is 5.68. The van der Waals surface area contributed by atoms with E-state index in [9.17, 15) is 4.79 Å². The molecule has 0 fully saturated rings. The van der Waals surface area contributed by atoms with Gasteiger partial charge >= 0.3 is 0 Å². The van der Waals surface area contributed by atoms with Crippen molar-refractivity contribution < 1.29 is 4.79 Å². The van der Waals surface area contributed by atoms with Crippen LogP contribution in [0.25, 0.3) is 50.1 Å². The van der Waals surface area contributed by atoms with Crippen molar-refractivity contribution in [2.45, 2.75) is 33.1 Å². The Balaban J connectivity index is 1.37. The first kappa shape index (κ1) is 22.6. The zero-order valence-corrected chi connectivity index (χ0v) is 20.5. The number of hydrogen-bond donors (Lipinski definition) is 3. The van der Waals surface area contributed by atoms with Crippen LogP contribution < -0.4 is 5.32 Å². The third-order valence-electron chi connectivity index (χ3n) is 6.30. The maximum absolute atomic E-state index is 12.2. The summed E-state index contributed by atoms with van der Waals surface area (Å²) in [5, 5.41) is 12.4. The molecule has 0 radical (unpaired) electrons. The lowest BCUT2D eigenvalue weighted by atomic mass is 10.1. The molecule has 37 heavy (non-hydrogen) atoms. The molecule has 0 aliphatic rings. The highest BCUT2D eigenvalue weighted by molar-refractivity contribution is 5.98. The van der Waals surface area contributed by atoms with E-state index in [-0.39, 0.29) is 5.91 Å². The fraction of sp³-hybridized carbons (Fsp3) is 0.185. The second kappa shape index (κ2) is 9.30. The van der Waals surface area contributed by atoms with Crippen molar-refractivity contribution >= 4 is 33.5 Å². The molecular formula is C27H25N9O. The van der Waals surface area contributed by atoms with Crippen LogP contribution in [-0.2, 0) is 4.79 Å². The highest BCUT2D eigenvalue weighted by atomic mass is 16.1. The minimum atomic E-state index is -0.00924. The summed E-state index contributed by atoms with van der Waals surface area (Å²) >= 11 is 0. The van der Waals surface area contributed by atoms with E-state index in [1.165, 1.54) is 0 Å². The Morgan fingerprint density at radius 3 is 2.70 bits per heavy atom. The van der Waals surface area contributed by atoms with Crippen LogP contribution in [0, 0.1) is 6.92 Å². The van der Waals surface area contributed by atoms with Gasteiger partial charge in [0, 0.05) is 46.9 Å². The fourth-order valence-corrected chi connectivity index (χ4v) is 4.42. The van der Waals surface area contributed by atoms with Crippen molar-refractivity contribution in [2.24, 2.45) is 0 Å². The van der Waals surface area contributed by atoms with Crippen molar-refractivity contribution in [3.63, 3.8) is 0 Å². The maximum Gasteiger partial charge on any atom is 0.224 e. The van der Waals surface area contributed by atoms with Crippen molar-refractivity contribution in [3.05, 3.63) is 67.4 Å². The van der Waals surface area contributed by atoms with Crippen LogP contribution >= 0.6 is 0 Å². The number of hydrogen-bond acceptors (Lipinski definition) is 6. The average molecular weight is 492 g/mol. The first-order chi connectivity index (χ1) is 18.1. The molecule has 10 nitrogen and oxygen atoms in total. The molecule has 0 aromatic carbocycles. The molecule has 6 heterocycles. The summed E-state index contributed by atoms with van der Waals surface area (Å²) in [4.78, 5) is 33.3. The number of fused-ring (bicyclic) bond motifs is 2. The van der Waals surface area contributed by atoms with E-state index < -0.39 is 0 Å². The number of carbonyl (C=O) groups is 1. The number of amides is 1. The number of H-pyrrole nitrogens is 2. The van der Waals surface area contributed by atoms with Crippen molar-refractivity contribution in [1.29, 1.82) is 0 Å². The summed E-state index contributed by atoms with van der Waals surface area (Å²) in [5.41, 5.74) is 7.44. The Bertz CT molecular complexity index is 1740. The Labute approximate surface area is 212 Å². The number of unbranched alkanes of at least 4 members (excludes halogenated alkanes) is 1. The smallest absolute Gasteiger partial charge is 0.224 e. The van der Waals surface area contributed by atoms with Gasteiger partial charge in [0.1, 0.15) is 5.69 Å². The number of rotatable bonds is 7. The van der Waals surface area contributed by atoms with Crippen LogP contribution in [0.2, 0.25) is 0 Å². The predicted molar refractivity (Wildman–Crippen MR) is 142 cm³/mol. The van der Waals surface area contributed by atoms with Crippen LogP contribution in [0.5, 0.6) is 0 Å². The first-order valence-electron chi connectivity index (χ1n) is 12.2. The van der Waals surface area contributed by atoms with Gasteiger partial charge in [0.2, 0.25) is 5.91 Å². The van der Waals surface area contributed by atoms with E-state index in [1.54, 1.807) is 31.1 Å². The van der Waals surface area contributed by atoms with Gasteiger partial charge in [0.05, 0.1) is 53.2 Å². The third-order valence-corrected chi connectivity index (χ3v) is 6.30. The number of imidazole rings is 1. The predicted octanol–water partition coefficient (Wildman–Crippen LogP) is 5.19. The molecule has 0 unspecified atom stereocenters. The van der Waals surface area contributed by atoms with Crippen LogP contribution in [0.15, 0.2) is 61.7 Å². The number of aromatic nitrogens is 8. The quantitative estimate of drug-likeness (QED) is 0.282. The van der Waals surface area contributed by atoms with E-state index in [0.717, 1.165) is 63.0 Å².